The van der Waals surface area contributed by atoms with Gasteiger partial charge in [-0.05, 0) is 12.1 Å². The summed E-state index contributed by atoms with van der Waals surface area (Å²) in [6, 6.07) is 4.32. The third kappa shape index (κ3) is 3.82. The third-order valence-electron chi connectivity index (χ3n) is 2.92. The molecule has 1 N–H and O–H groups in total. The van der Waals surface area contributed by atoms with E-state index in [4.69, 9.17) is 23.2 Å². The van der Waals surface area contributed by atoms with Gasteiger partial charge in [0.15, 0.2) is 23.3 Å². The molecule has 0 spiro atoms. The van der Waals surface area contributed by atoms with Gasteiger partial charge in [-0.1, -0.05) is 29.3 Å². The van der Waals surface area contributed by atoms with Crippen molar-refractivity contribution < 1.29 is 30.7 Å². The van der Waals surface area contributed by atoms with Crippen LogP contribution in [0.5, 0.6) is 0 Å². The molecule has 0 radical (unpaired) electrons. The number of nitrogens with one attached hydrogen (secondary N) is 1. The molecule has 0 aliphatic rings. The van der Waals surface area contributed by atoms with Crippen molar-refractivity contribution in [3.05, 3.63) is 62.6 Å². The normalized spacial score (nSPS) is 12.0. The highest BCUT2D eigenvalue weighted by molar-refractivity contribution is 6.38. The number of hydrogen-bond acceptors (Lipinski definition) is 2. The van der Waals surface area contributed by atoms with Crippen molar-refractivity contribution in [2.45, 2.75) is 6.18 Å². The molecule has 0 amide bonds. The van der Waals surface area contributed by atoms with Gasteiger partial charge in [-0.25, -0.2) is 17.6 Å². The summed E-state index contributed by atoms with van der Waals surface area (Å²) in [6.45, 7) is 0. The summed E-state index contributed by atoms with van der Waals surface area (Å²) in [5.41, 5.74) is -2.51. The zero-order valence-corrected chi connectivity index (χ0v) is 13.2. The highest BCUT2D eigenvalue weighted by Gasteiger charge is 2.42. The van der Waals surface area contributed by atoms with Crippen LogP contribution in [-0.4, -0.2) is 6.21 Å². The van der Waals surface area contributed by atoms with Crippen LogP contribution in [0.25, 0.3) is 0 Å². The minimum atomic E-state index is -5.62. The van der Waals surface area contributed by atoms with Gasteiger partial charge >= 0.3 is 6.18 Å². The standard InChI is InChI=1S/C14H5Cl2F7N2/c15-6-2-1-3-7(16)5(6)4-24-25-13-11(19)9(17)8(14(21,22)23)10(18)12(13)20/h1-4,25H/b24-4+. The van der Waals surface area contributed by atoms with Crippen molar-refractivity contribution in [3.8, 4) is 0 Å². The van der Waals surface area contributed by atoms with Gasteiger partial charge in [0.05, 0.1) is 16.3 Å². The largest absolute Gasteiger partial charge is 0.422 e. The van der Waals surface area contributed by atoms with E-state index in [2.05, 4.69) is 5.10 Å². The quantitative estimate of drug-likeness (QED) is 0.288. The van der Waals surface area contributed by atoms with E-state index >= 15 is 0 Å². The second-order valence-electron chi connectivity index (χ2n) is 4.51. The monoisotopic (exact) mass is 404 g/mol. The second-order valence-corrected chi connectivity index (χ2v) is 5.32. The van der Waals surface area contributed by atoms with Crippen LogP contribution in [0.15, 0.2) is 23.3 Å². The SMILES string of the molecule is Fc1c(F)c(C(F)(F)F)c(F)c(F)c1N/N=C/c1c(Cl)cccc1Cl. The maximum absolute atomic E-state index is 13.6. The summed E-state index contributed by atoms with van der Waals surface area (Å²) >= 11 is 11.6. The lowest BCUT2D eigenvalue weighted by Gasteiger charge is -2.13. The van der Waals surface area contributed by atoms with Crippen LogP contribution >= 0.6 is 23.2 Å². The minimum absolute atomic E-state index is 0.101. The summed E-state index contributed by atoms with van der Waals surface area (Å²) in [7, 11) is 0. The number of benzene rings is 2. The molecule has 134 valence electrons. The lowest BCUT2D eigenvalue weighted by molar-refractivity contribution is -0.143. The predicted molar refractivity (Wildman–Crippen MR) is 79.0 cm³/mol. The molecule has 0 aromatic heterocycles. The van der Waals surface area contributed by atoms with Gasteiger partial charge in [0.1, 0.15) is 11.3 Å². The van der Waals surface area contributed by atoms with Crippen molar-refractivity contribution in [2.75, 3.05) is 5.43 Å². The first-order chi connectivity index (χ1) is 11.6. The van der Waals surface area contributed by atoms with E-state index in [0.29, 0.717) is 0 Å². The van der Waals surface area contributed by atoms with E-state index in [9.17, 15) is 30.7 Å². The Morgan fingerprint density at radius 3 is 1.80 bits per heavy atom. The average Bonchev–Trinajstić information content (AvgIpc) is 2.50. The Hall–Kier alpha value is -2.00. The molecule has 25 heavy (non-hydrogen) atoms. The molecule has 0 unspecified atom stereocenters. The van der Waals surface area contributed by atoms with Gasteiger partial charge in [0.2, 0.25) is 0 Å². The molecule has 0 aliphatic heterocycles. The van der Waals surface area contributed by atoms with Gasteiger partial charge < -0.3 is 0 Å². The minimum Gasteiger partial charge on any atom is -0.272 e. The molecule has 2 aromatic rings. The third-order valence-corrected chi connectivity index (χ3v) is 3.58. The Kier molecular flexibility index (Phi) is 5.48. The predicted octanol–water partition coefficient (Wildman–Crippen LogP) is 6.01. The Balaban J connectivity index is 2.43. The van der Waals surface area contributed by atoms with E-state index < -0.39 is 40.7 Å². The Morgan fingerprint density at radius 1 is 0.880 bits per heavy atom. The highest BCUT2D eigenvalue weighted by atomic mass is 35.5. The number of hydrazone groups is 1. The van der Waals surface area contributed by atoms with Crippen LogP contribution < -0.4 is 5.43 Å². The summed E-state index contributed by atoms with van der Waals surface area (Å²) in [5.74, 6) is -9.76. The lowest BCUT2D eigenvalue weighted by atomic mass is 10.1. The first-order valence-electron chi connectivity index (χ1n) is 6.22. The maximum Gasteiger partial charge on any atom is 0.422 e. The number of rotatable bonds is 3. The lowest BCUT2D eigenvalue weighted by Crippen LogP contribution is -2.16. The van der Waals surface area contributed by atoms with Crippen LogP contribution in [0.3, 0.4) is 0 Å². The fourth-order valence-corrected chi connectivity index (χ4v) is 2.27. The van der Waals surface area contributed by atoms with E-state index in [1.165, 1.54) is 18.2 Å². The van der Waals surface area contributed by atoms with Crippen molar-refractivity contribution in [3.63, 3.8) is 0 Å². The second kappa shape index (κ2) is 7.09. The Morgan fingerprint density at radius 2 is 1.36 bits per heavy atom. The molecular formula is C14H5Cl2F7N2. The smallest absolute Gasteiger partial charge is 0.272 e. The Labute approximate surface area is 145 Å². The first kappa shape index (κ1) is 19.3. The van der Waals surface area contributed by atoms with Gasteiger partial charge in [-0.2, -0.15) is 18.3 Å². The molecule has 2 aromatic carbocycles. The van der Waals surface area contributed by atoms with Crippen molar-refractivity contribution in [1.82, 2.24) is 0 Å². The summed E-state index contributed by atoms with van der Waals surface area (Å²) in [5, 5.41) is 3.49. The van der Waals surface area contributed by atoms with Crippen LogP contribution in [0, 0.1) is 23.3 Å². The number of anilines is 1. The topological polar surface area (TPSA) is 24.4 Å². The fraction of sp³-hybridized carbons (Fsp3) is 0.0714. The van der Waals surface area contributed by atoms with E-state index in [0.717, 1.165) is 6.21 Å². The summed E-state index contributed by atoms with van der Waals surface area (Å²) < 4.78 is 91.6. The van der Waals surface area contributed by atoms with Crippen molar-refractivity contribution >= 4 is 35.1 Å². The number of alkyl halides is 3. The zero-order chi connectivity index (χ0) is 18.9. The fourth-order valence-electron chi connectivity index (χ4n) is 1.77. The number of halogens is 9. The molecule has 0 heterocycles. The van der Waals surface area contributed by atoms with E-state index in [1.807, 2.05) is 0 Å². The Bertz CT molecular complexity index is 801. The first-order valence-corrected chi connectivity index (χ1v) is 6.97. The summed E-state index contributed by atoms with van der Waals surface area (Å²) in [6.07, 6.45) is -4.75. The van der Waals surface area contributed by atoms with Crippen LogP contribution in [0.4, 0.5) is 36.4 Å². The van der Waals surface area contributed by atoms with E-state index in [1.54, 1.807) is 5.43 Å². The number of hydrogen-bond donors (Lipinski definition) is 1. The van der Waals surface area contributed by atoms with Crippen molar-refractivity contribution in [2.24, 2.45) is 5.10 Å². The van der Waals surface area contributed by atoms with Gasteiger partial charge in [-0.15, -0.1) is 0 Å². The number of nitrogens with zero attached hydrogens (tertiary/aromatic N) is 1. The van der Waals surface area contributed by atoms with E-state index in [-0.39, 0.29) is 15.6 Å². The van der Waals surface area contributed by atoms with Gasteiger partial charge in [0, 0.05) is 5.56 Å². The molecule has 0 atom stereocenters. The molecule has 0 saturated heterocycles. The van der Waals surface area contributed by atoms with Gasteiger partial charge in [-0.3, -0.25) is 5.43 Å². The summed E-state index contributed by atoms with van der Waals surface area (Å²) in [4.78, 5) is 0. The average molecular weight is 405 g/mol. The molecule has 0 saturated carbocycles. The zero-order valence-electron chi connectivity index (χ0n) is 11.7. The van der Waals surface area contributed by atoms with Crippen LogP contribution in [0.1, 0.15) is 11.1 Å². The molecule has 2 rings (SSSR count). The molecule has 0 fully saturated rings. The molecular weight excluding hydrogens is 400 g/mol. The maximum atomic E-state index is 13.6. The van der Waals surface area contributed by atoms with Gasteiger partial charge in [0.25, 0.3) is 0 Å². The van der Waals surface area contributed by atoms with Crippen molar-refractivity contribution in [1.29, 1.82) is 0 Å². The van der Waals surface area contributed by atoms with Crippen LogP contribution in [-0.2, 0) is 6.18 Å². The molecule has 0 bridgehead atoms. The van der Waals surface area contributed by atoms with Crippen LogP contribution in [0.2, 0.25) is 10.0 Å². The molecule has 11 heteroatoms. The molecule has 2 nitrogen and oxygen atoms in total. The highest BCUT2D eigenvalue weighted by Crippen LogP contribution is 2.38. The molecule has 0 aliphatic carbocycles.